The van der Waals surface area contributed by atoms with Gasteiger partial charge < -0.3 is 10.0 Å². The van der Waals surface area contributed by atoms with Gasteiger partial charge in [-0.15, -0.1) is 0 Å². The van der Waals surface area contributed by atoms with Crippen LogP contribution in [0.3, 0.4) is 0 Å². The van der Waals surface area contributed by atoms with Gasteiger partial charge in [-0.1, -0.05) is 15.9 Å². The van der Waals surface area contributed by atoms with Crippen molar-refractivity contribution in [2.45, 2.75) is 19.4 Å². The van der Waals surface area contributed by atoms with Crippen molar-refractivity contribution in [3.63, 3.8) is 0 Å². The van der Waals surface area contributed by atoms with Gasteiger partial charge in [0.15, 0.2) is 0 Å². The van der Waals surface area contributed by atoms with Crippen molar-refractivity contribution in [3.05, 3.63) is 40.1 Å². The van der Waals surface area contributed by atoms with Crippen LogP contribution in [0, 0.1) is 11.7 Å². The van der Waals surface area contributed by atoms with Crippen molar-refractivity contribution in [2.24, 2.45) is 5.92 Å². The van der Waals surface area contributed by atoms with Gasteiger partial charge in [0.2, 0.25) is 5.91 Å². The first-order valence-corrected chi connectivity index (χ1v) is 7.37. The quantitative estimate of drug-likeness (QED) is 0.859. The Morgan fingerprint density at radius 1 is 1.60 bits per heavy atom. The van der Waals surface area contributed by atoms with E-state index in [4.69, 9.17) is 0 Å². The number of hydrogen-bond donors (Lipinski definition) is 1. The van der Waals surface area contributed by atoms with Crippen LogP contribution in [0.25, 0.3) is 6.08 Å². The molecule has 20 heavy (non-hydrogen) atoms. The van der Waals surface area contributed by atoms with Crippen molar-refractivity contribution in [1.29, 1.82) is 0 Å². The zero-order chi connectivity index (χ0) is 14.7. The van der Waals surface area contributed by atoms with E-state index in [1.807, 2.05) is 0 Å². The number of aliphatic hydroxyl groups is 1. The largest absolute Gasteiger partial charge is 0.393 e. The van der Waals surface area contributed by atoms with Crippen molar-refractivity contribution in [3.8, 4) is 0 Å². The summed E-state index contributed by atoms with van der Waals surface area (Å²) in [5, 5.41) is 9.52. The van der Waals surface area contributed by atoms with Crippen LogP contribution in [0.1, 0.15) is 18.9 Å². The molecule has 2 rings (SSSR count). The molecule has 5 heteroatoms. The van der Waals surface area contributed by atoms with Crippen LogP contribution in [0.5, 0.6) is 0 Å². The first kappa shape index (κ1) is 15.2. The van der Waals surface area contributed by atoms with E-state index in [1.165, 1.54) is 18.2 Å². The highest BCUT2D eigenvalue weighted by atomic mass is 79.9. The monoisotopic (exact) mass is 341 g/mol. The fourth-order valence-electron chi connectivity index (χ4n) is 2.29. The maximum atomic E-state index is 13.5. The lowest BCUT2D eigenvalue weighted by Gasteiger charge is -2.15. The summed E-state index contributed by atoms with van der Waals surface area (Å²) < 4.78 is 14.3. The normalized spacial score (nSPS) is 20.6. The van der Waals surface area contributed by atoms with Crippen LogP contribution in [0.2, 0.25) is 0 Å². The summed E-state index contributed by atoms with van der Waals surface area (Å²) in [5.74, 6) is -0.372. The van der Waals surface area contributed by atoms with Crippen molar-refractivity contribution >= 4 is 27.9 Å². The average Bonchev–Trinajstić information content (AvgIpc) is 2.89. The Hall–Kier alpha value is -1.20. The molecular formula is C15H17BrFNO2. The lowest BCUT2D eigenvalue weighted by molar-refractivity contribution is -0.125. The number of carbonyl (C=O) groups is 1. The first-order chi connectivity index (χ1) is 9.47. The lowest BCUT2D eigenvalue weighted by Crippen LogP contribution is -2.28. The second-order valence-corrected chi connectivity index (χ2v) is 5.99. The van der Waals surface area contributed by atoms with E-state index in [0.29, 0.717) is 18.7 Å². The number of aliphatic hydroxyl groups excluding tert-OH is 1. The molecule has 0 bridgehead atoms. The molecule has 1 saturated heterocycles. The van der Waals surface area contributed by atoms with Gasteiger partial charge in [0.05, 0.1) is 6.10 Å². The molecule has 2 atom stereocenters. The summed E-state index contributed by atoms with van der Waals surface area (Å²) >= 11 is 3.27. The van der Waals surface area contributed by atoms with Gasteiger partial charge in [-0.05, 0) is 37.6 Å². The van der Waals surface area contributed by atoms with Gasteiger partial charge in [-0.25, -0.2) is 4.39 Å². The molecule has 1 aromatic carbocycles. The first-order valence-electron chi connectivity index (χ1n) is 6.57. The third-order valence-corrected chi connectivity index (χ3v) is 4.08. The average molecular weight is 342 g/mol. The number of halogens is 2. The molecule has 1 heterocycles. The third kappa shape index (κ3) is 3.67. The maximum absolute atomic E-state index is 13.5. The van der Waals surface area contributed by atoms with E-state index in [0.717, 1.165) is 10.9 Å². The minimum Gasteiger partial charge on any atom is -0.393 e. The summed E-state index contributed by atoms with van der Waals surface area (Å²) in [5.41, 5.74) is 0.374. The second kappa shape index (κ2) is 6.50. The van der Waals surface area contributed by atoms with Gasteiger partial charge in [-0.2, -0.15) is 0 Å². The highest BCUT2D eigenvalue weighted by Gasteiger charge is 2.27. The fraction of sp³-hybridized carbons (Fsp3) is 0.400. The molecule has 2 unspecified atom stereocenters. The smallest absolute Gasteiger partial charge is 0.246 e. The van der Waals surface area contributed by atoms with E-state index in [2.05, 4.69) is 15.9 Å². The molecule has 1 fully saturated rings. The maximum Gasteiger partial charge on any atom is 0.246 e. The Morgan fingerprint density at radius 3 is 3.00 bits per heavy atom. The Labute approximate surface area is 126 Å². The zero-order valence-electron chi connectivity index (χ0n) is 11.2. The van der Waals surface area contributed by atoms with Gasteiger partial charge in [-0.3, -0.25) is 4.79 Å². The summed E-state index contributed by atoms with van der Waals surface area (Å²) in [7, 11) is 0. The SMILES string of the molecule is CC(O)C1CCN(C(=O)/C=C/c2cc(Br)ccc2F)C1. The van der Waals surface area contributed by atoms with Gasteiger partial charge in [0.25, 0.3) is 0 Å². The Bertz CT molecular complexity index is 531. The summed E-state index contributed by atoms with van der Waals surface area (Å²) in [6, 6.07) is 4.59. The summed E-state index contributed by atoms with van der Waals surface area (Å²) in [6.07, 6.45) is 3.27. The Kier molecular flexibility index (Phi) is 4.94. The predicted octanol–water partition coefficient (Wildman–Crippen LogP) is 2.83. The number of rotatable bonds is 3. The third-order valence-electron chi connectivity index (χ3n) is 3.58. The highest BCUT2D eigenvalue weighted by molar-refractivity contribution is 9.10. The fourth-order valence-corrected chi connectivity index (χ4v) is 2.67. The van der Waals surface area contributed by atoms with Crippen molar-refractivity contribution in [1.82, 2.24) is 4.90 Å². The number of amides is 1. The summed E-state index contributed by atoms with van der Waals surface area (Å²) in [4.78, 5) is 13.7. The molecule has 0 aliphatic carbocycles. The molecule has 3 nitrogen and oxygen atoms in total. The lowest BCUT2D eigenvalue weighted by atomic mass is 10.0. The van der Waals surface area contributed by atoms with E-state index < -0.39 is 6.10 Å². The number of hydrogen-bond acceptors (Lipinski definition) is 2. The summed E-state index contributed by atoms with van der Waals surface area (Å²) in [6.45, 7) is 2.94. The van der Waals surface area contributed by atoms with Crippen LogP contribution in [0.4, 0.5) is 4.39 Å². The van der Waals surface area contributed by atoms with Crippen LogP contribution in [-0.4, -0.2) is 35.1 Å². The minimum absolute atomic E-state index is 0.134. The molecule has 108 valence electrons. The molecule has 0 saturated carbocycles. The molecule has 1 aliphatic heterocycles. The van der Waals surface area contributed by atoms with E-state index >= 15 is 0 Å². The second-order valence-electron chi connectivity index (χ2n) is 5.07. The molecule has 0 radical (unpaired) electrons. The van der Waals surface area contributed by atoms with Crippen LogP contribution >= 0.6 is 15.9 Å². The molecule has 1 aromatic rings. The molecule has 1 N–H and O–H groups in total. The van der Waals surface area contributed by atoms with Crippen molar-refractivity contribution in [2.75, 3.05) is 13.1 Å². The van der Waals surface area contributed by atoms with Crippen molar-refractivity contribution < 1.29 is 14.3 Å². The van der Waals surface area contributed by atoms with E-state index in [-0.39, 0.29) is 17.6 Å². The highest BCUT2D eigenvalue weighted by Crippen LogP contribution is 2.21. The van der Waals surface area contributed by atoms with E-state index in [9.17, 15) is 14.3 Å². The minimum atomic E-state index is -0.403. The topological polar surface area (TPSA) is 40.5 Å². The van der Waals surface area contributed by atoms with E-state index in [1.54, 1.807) is 24.0 Å². The number of benzene rings is 1. The zero-order valence-corrected chi connectivity index (χ0v) is 12.8. The molecule has 0 spiro atoms. The molecular weight excluding hydrogens is 325 g/mol. The molecule has 0 aromatic heterocycles. The number of carbonyl (C=O) groups excluding carboxylic acids is 1. The molecule has 1 amide bonds. The standard InChI is InChI=1S/C15H17BrFNO2/c1-10(19)12-6-7-18(9-12)15(20)5-2-11-8-13(16)3-4-14(11)17/h2-5,8,10,12,19H,6-7,9H2,1H3/b5-2+. The molecule has 1 aliphatic rings. The van der Waals surface area contributed by atoms with Crippen LogP contribution < -0.4 is 0 Å². The Balaban J connectivity index is 2.01. The van der Waals surface area contributed by atoms with Gasteiger partial charge >= 0.3 is 0 Å². The number of nitrogens with zero attached hydrogens (tertiary/aromatic N) is 1. The van der Waals surface area contributed by atoms with Crippen LogP contribution in [-0.2, 0) is 4.79 Å². The Morgan fingerprint density at radius 2 is 2.35 bits per heavy atom. The van der Waals surface area contributed by atoms with Gasteiger partial charge in [0.1, 0.15) is 5.82 Å². The predicted molar refractivity (Wildman–Crippen MR) is 79.5 cm³/mol. The van der Waals surface area contributed by atoms with Crippen LogP contribution in [0.15, 0.2) is 28.7 Å². The van der Waals surface area contributed by atoms with Gasteiger partial charge in [0, 0.05) is 35.1 Å². The number of likely N-dealkylation sites (tertiary alicyclic amines) is 1.